The van der Waals surface area contributed by atoms with Crippen molar-refractivity contribution in [3.8, 4) is 6.07 Å². The Morgan fingerprint density at radius 2 is 2.64 bits per heavy atom. The summed E-state index contributed by atoms with van der Waals surface area (Å²) in [6, 6.07) is 3.88. The van der Waals surface area contributed by atoms with Gasteiger partial charge in [-0.3, -0.25) is 0 Å². The third-order valence-corrected chi connectivity index (χ3v) is 1.57. The number of nitrogens with one attached hydrogen (secondary N) is 1. The second-order valence-corrected chi connectivity index (χ2v) is 2.25. The van der Waals surface area contributed by atoms with Gasteiger partial charge in [-0.05, 0) is 6.08 Å². The molecule has 0 amide bonds. The molecule has 0 unspecified atom stereocenters. The van der Waals surface area contributed by atoms with Gasteiger partial charge in [-0.1, -0.05) is 0 Å². The van der Waals surface area contributed by atoms with E-state index in [0.717, 1.165) is 5.82 Å². The zero-order chi connectivity index (χ0) is 7.68. The van der Waals surface area contributed by atoms with Gasteiger partial charge in [0.1, 0.15) is 17.6 Å². The van der Waals surface area contributed by atoms with Gasteiger partial charge in [-0.15, -0.1) is 0 Å². The summed E-state index contributed by atoms with van der Waals surface area (Å²) in [7, 11) is 0. The van der Waals surface area contributed by atoms with E-state index in [1.165, 1.54) is 0 Å². The molecule has 0 saturated carbocycles. The largest absolute Gasteiger partial charge is 0.332 e. The van der Waals surface area contributed by atoms with Crippen LogP contribution in [0.4, 0.5) is 5.82 Å². The van der Waals surface area contributed by atoms with Crippen molar-refractivity contribution in [1.29, 1.82) is 5.26 Å². The molecule has 4 nitrogen and oxygen atoms in total. The first-order chi connectivity index (χ1) is 5.40. The minimum atomic E-state index is 0.595. The monoisotopic (exact) mass is 146 g/mol. The van der Waals surface area contributed by atoms with Crippen LogP contribution in [0.3, 0.4) is 0 Å². The molecule has 0 bridgehead atoms. The van der Waals surface area contributed by atoms with E-state index < -0.39 is 0 Å². The highest BCUT2D eigenvalue weighted by Crippen LogP contribution is 2.13. The molecule has 1 N–H and O–H groups in total. The molecule has 2 rings (SSSR count). The molecule has 0 aliphatic carbocycles. The third-order valence-electron chi connectivity index (χ3n) is 1.57. The molecular formula is C7H6N4. The average molecular weight is 146 g/mol. The van der Waals surface area contributed by atoms with Crippen LogP contribution in [0.2, 0.25) is 0 Å². The lowest BCUT2D eigenvalue weighted by atomic mass is 10.3. The predicted octanol–water partition coefficient (Wildman–Crippen LogP) is 0.716. The van der Waals surface area contributed by atoms with Crippen LogP contribution in [-0.2, 0) is 6.54 Å². The van der Waals surface area contributed by atoms with Crippen molar-refractivity contribution in [2.75, 3.05) is 5.32 Å². The van der Waals surface area contributed by atoms with Crippen LogP contribution in [0.15, 0.2) is 24.0 Å². The topological polar surface area (TPSA) is 53.6 Å². The van der Waals surface area contributed by atoms with Crippen LogP contribution in [0.1, 0.15) is 0 Å². The van der Waals surface area contributed by atoms with Crippen molar-refractivity contribution in [2.24, 2.45) is 0 Å². The Kier molecular flexibility index (Phi) is 1.16. The lowest BCUT2D eigenvalue weighted by molar-refractivity contribution is 0.696. The van der Waals surface area contributed by atoms with Crippen molar-refractivity contribution in [3.63, 3.8) is 0 Å². The summed E-state index contributed by atoms with van der Waals surface area (Å²) < 4.78 is 1.79. The molecule has 0 fully saturated rings. The molecule has 1 aliphatic rings. The maximum absolute atomic E-state index is 8.54. The Morgan fingerprint density at radius 1 is 1.73 bits per heavy atom. The maximum Gasteiger partial charge on any atom is 0.129 e. The molecule has 54 valence electrons. The van der Waals surface area contributed by atoms with E-state index in [4.69, 9.17) is 5.26 Å². The van der Waals surface area contributed by atoms with E-state index in [1.54, 1.807) is 17.0 Å². The Labute approximate surface area is 63.7 Å². The van der Waals surface area contributed by atoms with Gasteiger partial charge in [0, 0.05) is 6.07 Å². The minimum absolute atomic E-state index is 0.595. The normalized spacial score (nSPS) is 14.3. The fraction of sp³-hybridized carbons (Fsp3) is 0.143. The molecule has 0 radical (unpaired) electrons. The summed E-state index contributed by atoms with van der Waals surface area (Å²) in [6.07, 6.45) is 3.51. The van der Waals surface area contributed by atoms with Gasteiger partial charge in [0.15, 0.2) is 0 Å². The number of hydrogen-bond acceptors (Lipinski definition) is 3. The van der Waals surface area contributed by atoms with Crippen LogP contribution < -0.4 is 5.32 Å². The smallest absolute Gasteiger partial charge is 0.129 e. The van der Waals surface area contributed by atoms with Crippen molar-refractivity contribution < 1.29 is 0 Å². The zero-order valence-corrected chi connectivity index (χ0v) is 5.78. The van der Waals surface area contributed by atoms with Gasteiger partial charge < -0.3 is 5.32 Å². The quantitative estimate of drug-likeness (QED) is 0.586. The molecule has 1 aromatic rings. The van der Waals surface area contributed by atoms with Crippen molar-refractivity contribution in [2.45, 2.75) is 6.54 Å². The summed E-state index contributed by atoms with van der Waals surface area (Å²) in [5.41, 5.74) is 0.595. The van der Waals surface area contributed by atoms with E-state index >= 15 is 0 Å². The molecule has 1 aromatic heterocycles. The van der Waals surface area contributed by atoms with Crippen LogP contribution in [0, 0.1) is 11.3 Å². The fourth-order valence-electron chi connectivity index (χ4n) is 1.02. The summed E-state index contributed by atoms with van der Waals surface area (Å²) in [5, 5.41) is 15.5. The van der Waals surface area contributed by atoms with E-state index in [1.807, 2.05) is 12.1 Å². The van der Waals surface area contributed by atoms with Crippen molar-refractivity contribution >= 4 is 5.82 Å². The van der Waals surface area contributed by atoms with Crippen LogP contribution >= 0.6 is 0 Å². The van der Waals surface area contributed by atoms with Gasteiger partial charge >= 0.3 is 0 Å². The number of allylic oxidation sites excluding steroid dienone is 2. The summed E-state index contributed by atoms with van der Waals surface area (Å²) in [6.45, 7) is 0.679. The summed E-state index contributed by atoms with van der Waals surface area (Å²) in [5.74, 6) is 0.879. The fourth-order valence-corrected chi connectivity index (χ4v) is 1.02. The molecule has 11 heavy (non-hydrogen) atoms. The van der Waals surface area contributed by atoms with Crippen molar-refractivity contribution in [3.05, 3.63) is 24.0 Å². The standard InChI is InChI=1S/C7H6N4/c8-5-6-2-4-11-7(10-6)1-3-9-11/h1-3,10H,4H2. The van der Waals surface area contributed by atoms with Gasteiger partial charge in [0.2, 0.25) is 0 Å². The van der Waals surface area contributed by atoms with Crippen LogP contribution in [0.5, 0.6) is 0 Å². The number of anilines is 1. The molecule has 4 heteroatoms. The Bertz CT molecular complexity index is 342. The highest BCUT2D eigenvalue weighted by atomic mass is 15.3. The van der Waals surface area contributed by atoms with Crippen LogP contribution in [0.25, 0.3) is 0 Å². The van der Waals surface area contributed by atoms with Crippen molar-refractivity contribution in [1.82, 2.24) is 9.78 Å². The van der Waals surface area contributed by atoms with Gasteiger partial charge in [0.05, 0.1) is 12.7 Å². The lowest BCUT2D eigenvalue weighted by Crippen LogP contribution is -2.12. The summed E-state index contributed by atoms with van der Waals surface area (Å²) in [4.78, 5) is 0. The molecule has 2 heterocycles. The highest BCUT2D eigenvalue weighted by molar-refractivity contribution is 5.48. The second kappa shape index (κ2) is 2.13. The molecule has 1 aliphatic heterocycles. The SMILES string of the molecule is N#CC1=CCn2nccc2N1. The Morgan fingerprint density at radius 3 is 3.45 bits per heavy atom. The number of nitrogens with zero attached hydrogens (tertiary/aromatic N) is 3. The predicted molar refractivity (Wildman–Crippen MR) is 39.5 cm³/mol. The second-order valence-electron chi connectivity index (χ2n) is 2.25. The van der Waals surface area contributed by atoms with Gasteiger partial charge in [-0.25, -0.2) is 4.68 Å². The molecule has 0 aromatic carbocycles. The van der Waals surface area contributed by atoms with E-state index in [-0.39, 0.29) is 0 Å². The zero-order valence-electron chi connectivity index (χ0n) is 5.78. The average Bonchev–Trinajstić information content (AvgIpc) is 2.50. The number of fused-ring (bicyclic) bond motifs is 1. The summed E-state index contributed by atoms with van der Waals surface area (Å²) >= 11 is 0. The maximum atomic E-state index is 8.54. The van der Waals surface area contributed by atoms with Gasteiger partial charge in [-0.2, -0.15) is 10.4 Å². The first kappa shape index (κ1) is 5.98. The lowest BCUT2D eigenvalue weighted by Gasteiger charge is -2.11. The molecule has 0 saturated heterocycles. The third kappa shape index (κ3) is 0.867. The van der Waals surface area contributed by atoms with E-state index in [9.17, 15) is 0 Å². The van der Waals surface area contributed by atoms with E-state index in [0.29, 0.717) is 12.2 Å². The van der Waals surface area contributed by atoms with Crippen LogP contribution in [-0.4, -0.2) is 9.78 Å². The highest BCUT2D eigenvalue weighted by Gasteiger charge is 2.07. The minimum Gasteiger partial charge on any atom is -0.332 e. The number of rotatable bonds is 0. The molecule has 0 spiro atoms. The first-order valence-corrected chi connectivity index (χ1v) is 3.29. The molecule has 0 atom stereocenters. The number of hydrogen-bond donors (Lipinski definition) is 1. The van der Waals surface area contributed by atoms with Gasteiger partial charge in [0.25, 0.3) is 0 Å². The Balaban J connectivity index is 2.35. The number of aromatic nitrogens is 2. The van der Waals surface area contributed by atoms with E-state index in [2.05, 4.69) is 10.4 Å². The first-order valence-electron chi connectivity index (χ1n) is 3.29. The number of nitriles is 1. The molecular weight excluding hydrogens is 140 g/mol. The Hall–Kier alpha value is -1.76.